The van der Waals surface area contributed by atoms with Gasteiger partial charge in [0, 0.05) is 18.3 Å². The number of carbonyl (C=O) groups excluding carboxylic acids is 1. The van der Waals surface area contributed by atoms with E-state index in [9.17, 15) is 13.6 Å². The molecule has 8 nitrogen and oxygen atoms in total. The summed E-state index contributed by atoms with van der Waals surface area (Å²) in [5, 5.41) is 6.78. The number of halogens is 2. The highest BCUT2D eigenvalue weighted by Crippen LogP contribution is 2.37. The number of benzene rings is 1. The number of ether oxygens (including phenoxy) is 1. The molecule has 1 N–H and O–H groups in total. The highest BCUT2D eigenvalue weighted by atomic mass is 19.1. The van der Waals surface area contributed by atoms with Crippen LogP contribution in [0.5, 0.6) is 5.75 Å². The number of amides is 1. The van der Waals surface area contributed by atoms with Gasteiger partial charge in [-0.25, -0.2) is 23.1 Å². The molecule has 4 heterocycles. The van der Waals surface area contributed by atoms with Crippen molar-refractivity contribution in [3.05, 3.63) is 77.5 Å². The Morgan fingerprint density at radius 1 is 1.27 bits per heavy atom. The molecule has 0 radical (unpaired) electrons. The van der Waals surface area contributed by atoms with Gasteiger partial charge in [-0.15, -0.1) is 0 Å². The molecule has 3 aromatic heterocycles. The van der Waals surface area contributed by atoms with Crippen LogP contribution in [0.3, 0.4) is 0 Å². The van der Waals surface area contributed by atoms with Crippen LogP contribution < -0.4 is 15.0 Å². The van der Waals surface area contributed by atoms with Crippen molar-refractivity contribution in [2.45, 2.75) is 32.4 Å². The van der Waals surface area contributed by atoms with Gasteiger partial charge < -0.3 is 19.4 Å². The van der Waals surface area contributed by atoms with Crippen LogP contribution >= 0.6 is 0 Å². The first-order valence-corrected chi connectivity index (χ1v) is 10.5. The van der Waals surface area contributed by atoms with E-state index in [4.69, 9.17) is 9.15 Å². The summed E-state index contributed by atoms with van der Waals surface area (Å²) in [7, 11) is 0. The summed E-state index contributed by atoms with van der Waals surface area (Å²) in [5.74, 6) is 1.16. The normalized spacial score (nSPS) is 15.8. The molecule has 1 fully saturated rings. The minimum absolute atomic E-state index is 0.178. The van der Waals surface area contributed by atoms with E-state index in [0.717, 1.165) is 24.3 Å². The van der Waals surface area contributed by atoms with Crippen LogP contribution in [-0.2, 0) is 6.54 Å². The largest absolute Gasteiger partial charge is 0.465 e. The van der Waals surface area contributed by atoms with Crippen molar-refractivity contribution >= 4 is 17.6 Å². The molecule has 1 saturated heterocycles. The molecule has 0 bridgehead atoms. The number of aromatic nitrogens is 3. The fourth-order valence-electron chi connectivity index (χ4n) is 4.08. The number of nitrogens with one attached hydrogen (secondary N) is 1. The SMILES string of the molecule is Cc1ccc(CNC(=O)Oc2cnn3ccc(N4CCC[C@@H]4c4cc(F)ccc4F)nc23)o1. The Balaban J connectivity index is 1.36. The molecule has 1 atom stereocenters. The van der Waals surface area contributed by atoms with E-state index < -0.39 is 17.7 Å². The topological polar surface area (TPSA) is 84.9 Å². The van der Waals surface area contributed by atoms with Gasteiger partial charge in [0.25, 0.3) is 0 Å². The van der Waals surface area contributed by atoms with Crippen LogP contribution in [0.15, 0.2) is 53.2 Å². The quantitative estimate of drug-likeness (QED) is 0.478. The van der Waals surface area contributed by atoms with E-state index in [1.165, 1.54) is 16.8 Å². The molecule has 5 rings (SSSR count). The van der Waals surface area contributed by atoms with E-state index in [2.05, 4.69) is 15.4 Å². The van der Waals surface area contributed by atoms with E-state index >= 15 is 0 Å². The van der Waals surface area contributed by atoms with Crippen LogP contribution in [0.1, 0.15) is 36.0 Å². The number of hydrogen-bond donors (Lipinski definition) is 1. The Hall–Kier alpha value is -3.95. The van der Waals surface area contributed by atoms with Gasteiger partial charge in [0.2, 0.25) is 5.65 Å². The third kappa shape index (κ3) is 4.23. The summed E-state index contributed by atoms with van der Waals surface area (Å²) in [6.07, 6.45) is 3.89. The zero-order chi connectivity index (χ0) is 22.9. The van der Waals surface area contributed by atoms with Gasteiger partial charge in [0.1, 0.15) is 29.0 Å². The lowest BCUT2D eigenvalue weighted by atomic mass is 10.0. The predicted molar refractivity (Wildman–Crippen MR) is 115 cm³/mol. The van der Waals surface area contributed by atoms with Crippen LogP contribution in [0.2, 0.25) is 0 Å². The molecule has 33 heavy (non-hydrogen) atoms. The average molecular weight is 453 g/mol. The number of rotatable bonds is 5. The first-order chi connectivity index (χ1) is 16.0. The number of anilines is 1. The van der Waals surface area contributed by atoms with Gasteiger partial charge >= 0.3 is 6.09 Å². The molecule has 4 aromatic rings. The first-order valence-electron chi connectivity index (χ1n) is 10.5. The van der Waals surface area contributed by atoms with Crippen molar-refractivity contribution in [3.8, 4) is 5.75 Å². The second-order valence-electron chi connectivity index (χ2n) is 7.84. The fraction of sp³-hybridized carbons (Fsp3) is 0.261. The zero-order valence-corrected chi connectivity index (χ0v) is 17.8. The van der Waals surface area contributed by atoms with Gasteiger partial charge in [0.05, 0.1) is 18.8 Å². The lowest BCUT2D eigenvalue weighted by Gasteiger charge is -2.26. The molecule has 1 aliphatic rings. The molecule has 170 valence electrons. The van der Waals surface area contributed by atoms with Crippen molar-refractivity contribution in [1.82, 2.24) is 19.9 Å². The smallest absolute Gasteiger partial charge is 0.413 e. The highest BCUT2D eigenvalue weighted by Gasteiger charge is 2.30. The van der Waals surface area contributed by atoms with Crippen LogP contribution in [0, 0.1) is 18.6 Å². The molecule has 1 aromatic carbocycles. The van der Waals surface area contributed by atoms with Crippen molar-refractivity contribution in [2.75, 3.05) is 11.4 Å². The van der Waals surface area contributed by atoms with Gasteiger partial charge in [0.15, 0.2) is 5.75 Å². The van der Waals surface area contributed by atoms with Crippen molar-refractivity contribution < 1.29 is 22.7 Å². The maximum atomic E-state index is 14.4. The molecule has 0 saturated carbocycles. The van der Waals surface area contributed by atoms with Crippen LogP contribution in [0.25, 0.3) is 5.65 Å². The summed E-state index contributed by atoms with van der Waals surface area (Å²) < 4.78 is 40.5. The maximum Gasteiger partial charge on any atom is 0.413 e. The molecule has 0 aliphatic carbocycles. The third-order valence-electron chi connectivity index (χ3n) is 5.59. The minimum Gasteiger partial charge on any atom is -0.465 e. The van der Waals surface area contributed by atoms with Crippen molar-refractivity contribution in [1.29, 1.82) is 0 Å². The Kier molecular flexibility index (Phi) is 5.41. The second kappa shape index (κ2) is 8.53. The predicted octanol–water partition coefficient (Wildman–Crippen LogP) is 4.54. The molecular weight excluding hydrogens is 432 g/mol. The Bertz CT molecular complexity index is 1320. The van der Waals surface area contributed by atoms with Gasteiger partial charge in [-0.1, -0.05) is 0 Å². The Morgan fingerprint density at radius 2 is 2.15 bits per heavy atom. The summed E-state index contributed by atoms with van der Waals surface area (Å²) in [4.78, 5) is 18.8. The molecule has 1 aliphatic heterocycles. The number of fused-ring (bicyclic) bond motifs is 1. The summed E-state index contributed by atoms with van der Waals surface area (Å²) in [6.45, 7) is 2.63. The van der Waals surface area contributed by atoms with Crippen molar-refractivity contribution in [2.24, 2.45) is 0 Å². The average Bonchev–Trinajstić information content (AvgIpc) is 3.54. The molecule has 0 spiro atoms. The summed E-state index contributed by atoms with van der Waals surface area (Å²) in [6, 6.07) is 8.46. The van der Waals surface area contributed by atoms with Gasteiger partial charge in [-0.2, -0.15) is 5.10 Å². The molecular formula is C23H21F2N5O3. The van der Waals surface area contributed by atoms with Crippen molar-refractivity contribution in [3.63, 3.8) is 0 Å². The Morgan fingerprint density at radius 3 is 2.97 bits per heavy atom. The van der Waals surface area contributed by atoms with Gasteiger partial charge in [-0.3, -0.25) is 0 Å². The first kappa shape index (κ1) is 20.9. The van der Waals surface area contributed by atoms with E-state index in [0.29, 0.717) is 35.8 Å². The van der Waals surface area contributed by atoms with E-state index in [1.54, 1.807) is 24.4 Å². The lowest BCUT2D eigenvalue weighted by Crippen LogP contribution is -2.26. The van der Waals surface area contributed by atoms with Crippen LogP contribution in [-0.4, -0.2) is 27.2 Å². The monoisotopic (exact) mass is 453 g/mol. The maximum absolute atomic E-state index is 14.4. The second-order valence-corrected chi connectivity index (χ2v) is 7.84. The number of hydrogen-bond acceptors (Lipinski definition) is 6. The molecule has 1 amide bonds. The summed E-state index contributed by atoms with van der Waals surface area (Å²) in [5.41, 5.74) is 0.633. The number of carbonyl (C=O) groups is 1. The van der Waals surface area contributed by atoms with Crippen LogP contribution in [0.4, 0.5) is 19.4 Å². The zero-order valence-electron chi connectivity index (χ0n) is 17.8. The molecule has 10 heteroatoms. The fourth-order valence-corrected chi connectivity index (χ4v) is 4.08. The van der Waals surface area contributed by atoms with Gasteiger partial charge in [-0.05, 0) is 56.2 Å². The van der Waals surface area contributed by atoms with E-state index in [1.807, 2.05) is 11.8 Å². The lowest BCUT2D eigenvalue weighted by molar-refractivity contribution is 0.199. The minimum atomic E-state index is -0.674. The highest BCUT2D eigenvalue weighted by molar-refractivity contribution is 5.73. The Labute approximate surface area is 187 Å². The third-order valence-corrected chi connectivity index (χ3v) is 5.59. The standard InChI is InChI=1S/C23H21F2N5O3/c1-14-4-6-16(32-14)12-26-23(31)33-20-13-27-30-10-8-21(28-22(20)30)29-9-2-3-19(29)17-11-15(24)5-7-18(17)25/h4-8,10-11,13,19H,2-3,9,12H2,1H3,(H,26,31)/t19-/m1/s1. The number of nitrogens with zero attached hydrogens (tertiary/aromatic N) is 4. The summed E-state index contributed by atoms with van der Waals surface area (Å²) >= 11 is 0. The number of aryl methyl sites for hydroxylation is 1. The molecule has 0 unspecified atom stereocenters. The number of furan rings is 1. The van der Waals surface area contributed by atoms with E-state index in [-0.39, 0.29) is 18.3 Å².